The second kappa shape index (κ2) is 36.8. The lowest BCUT2D eigenvalue weighted by atomic mass is 9.99. The average molecular weight is 785 g/mol. The molecule has 0 spiro atoms. The van der Waals surface area contributed by atoms with Crippen LogP contribution in [0.5, 0.6) is 0 Å². The number of unbranched alkanes of at least 4 members (excludes halogenated alkanes) is 25. The number of ether oxygens (including phenoxy) is 4. The first-order chi connectivity index (χ1) is 26.8. The predicted molar refractivity (Wildman–Crippen MR) is 220 cm³/mol. The van der Waals surface area contributed by atoms with Crippen molar-refractivity contribution in [3.8, 4) is 0 Å². The lowest BCUT2D eigenvalue weighted by Crippen LogP contribution is -2.59. The highest BCUT2D eigenvalue weighted by atomic mass is 16.7. The van der Waals surface area contributed by atoms with Crippen molar-refractivity contribution < 1.29 is 49.0 Å². The summed E-state index contributed by atoms with van der Waals surface area (Å²) < 4.78 is 22.2. The summed E-state index contributed by atoms with van der Waals surface area (Å²) in [6.07, 6.45) is 30.7. The zero-order valence-corrected chi connectivity index (χ0v) is 35.2. The van der Waals surface area contributed by atoms with E-state index >= 15 is 0 Å². The molecule has 0 radical (unpaired) electrons. The van der Waals surface area contributed by atoms with Crippen molar-refractivity contribution in [3.63, 3.8) is 0 Å². The maximum absolute atomic E-state index is 12.8. The van der Waals surface area contributed by atoms with Gasteiger partial charge in [-0.2, -0.15) is 0 Å². The van der Waals surface area contributed by atoms with Gasteiger partial charge in [0.2, 0.25) is 0 Å². The monoisotopic (exact) mass is 785 g/mol. The normalized spacial score (nSPS) is 20.6. The fraction of sp³-hybridized carbons (Fsp3) is 0.911. The highest BCUT2D eigenvalue weighted by Crippen LogP contribution is 2.23. The third kappa shape index (κ3) is 28.5. The lowest BCUT2D eigenvalue weighted by molar-refractivity contribution is -0.305. The van der Waals surface area contributed by atoms with E-state index < -0.39 is 49.4 Å². The summed E-state index contributed by atoms with van der Waals surface area (Å²) in [6, 6.07) is 0. The van der Waals surface area contributed by atoms with Gasteiger partial charge >= 0.3 is 11.9 Å². The Morgan fingerprint density at radius 3 is 1.44 bits per heavy atom. The van der Waals surface area contributed by atoms with E-state index in [0.29, 0.717) is 6.42 Å². The van der Waals surface area contributed by atoms with Crippen molar-refractivity contribution in [2.75, 3.05) is 19.8 Å². The summed E-state index contributed by atoms with van der Waals surface area (Å²) in [5.74, 6) is -0.799. The molecule has 1 saturated heterocycles. The Morgan fingerprint density at radius 2 is 0.964 bits per heavy atom. The molecular formula is C45H84O10. The minimum absolute atomic E-state index is 0.213. The van der Waals surface area contributed by atoms with Crippen molar-refractivity contribution in [2.24, 2.45) is 0 Å². The largest absolute Gasteiger partial charge is 0.462 e. The average Bonchev–Trinajstić information content (AvgIpc) is 3.18. The molecule has 0 bridgehead atoms. The van der Waals surface area contributed by atoms with Crippen LogP contribution in [0.3, 0.4) is 0 Å². The van der Waals surface area contributed by atoms with Gasteiger partial charge in [-0.3, -0.25) is 9.59 Å². The molecule has 0 aromatic rings. The van der Waals surface area contributed by atoms with Crippen LogP contribution in [0.2, 0.25) is 0 Å². The van der Waals surface area contributed by atoms with Crippen molar-refractivity contribution >= 4 is 11.9 Å². The maximum Gasteiger partial charge on any atom is 0.306 e. The molecule has 1 aliphatic rings. The number of aliphatic hydroxyl groups is 4. The Hall–Kier alpha value is -1.56. The van der Waals surface area contributed by atoms with Crippen LogP contribution in [0.1, 0.15) is 206 Å². The molecule has 0 saturated carbocycles. The Labute approximate surface area is 335 Å². The Balaban J connectivity index is 2.31. The van der Waals surface area contributed by atoms with Crippen molar-refractivity contribution in [2.45, 2.75) is 243 Å². The molecule has 10 heteroatoms. The number of aliphatic hydroxyl groups excluding tert-OH is 4. The molecule has 1 rings (SSSR count). The summed E-state index contributed by atoms with van der Waals surface area (Å²) in [5, 5.41) is 40.1. The van der Waals surface area contributed by atoms with Crippen LogP contribution in [0.15, 0.2) is 12.2 Å². The first-order valence-electron chi connectivity index (χ1n) is 22.8. The second-order valence-corrected chi connectivity index (χ2v) is 15.9. The highest BCUT2D eigenvalue weighted by Gasteiger charge is 2.44. The van der Waals surface area contributed by atoms with Gasteiger partial charge in [-0.1, -0.05) is 167 Å². The molecule has 2 unspecified atom stereocenters. The van der Waals surface area contributed by atoms with Gasteiger partial charge in [0.05, 0.1) is 13.2 Å². The van der Waals surface area contributed by atoms with E-state index in [0.717, 1.165) is 38.5 Å². The maximum atomic E-state index is 12.8. The smallest absolute Gasteiger partial charge is 0.306 e. The van der Waals surface area contributed by atoms with Gasteiger partial charge in [0, 0.05) is 12.8 Å². The van der Waals surface area contributed by atoms with Gasteiger partial charge in [0.1, 0.15) is 31.0 Å². The van der Waals surface area contributed by atoms with Gasteiger partial charge in [-0.05, 0) is 38.5 Å². The fourth-order valence-electron chi connectivity index (χ4n) is 7.01. The molecule has 4 N–H and O–H groups in total. The highest BCUT2D eigenvalue weighted by molar-refractivity contribution is 5.70. The van der Waals surface area contributed by atoms with Crippen LogP contribution in [-0.4, -0.2) is 89.0 Å². The number of carbonyl (C=O) groups is 2. The third-order valence-corrected chi connectivity index (χ3v) is 10.7. The summed E-state index contributed by atoms with van der Waals surface area (Å²) in [5.41, 5.74) is 0. The van der Waals surface area contributed by atoms with Crippen LogP contribution in [0, 0.1) is 0 Å². The van der Waals surface area contributed by atoms with Crippen LogP contribution in [0.25, 0.3) is 0 Å². The SMILES string of the molecule is CCCCCC/C=C/CCCCCCCCCCCC(=O)O[C@H](COC(=O)CCCCCCCCCCCCCCC)CO[C@@H]1O[C@H](CO)[C@H](O)C(O)C1O. The standard InChI is InChI=1S/C45H84O10/c1-3-5-7-9-11-13-15-17-18-19-20-22-24-26-28-30-32-34-41(48)54-38(37-53-45-44(51)43(50)42(49)39(35-46)55-45)36-52-40(47)33-31-29-27-25-23-21-16-14-12-10-8-6-4-2/h13,15,38-39,42-46,49-51H,3-12,14,16-37H2,1-2H3/b15-13+/t38-,39-,42+,43?,44?,45-/m1/s1. The molecule has 1 aliphatic heterocycles. The summed E-state index contributed by atoms with van der Waals surface area (Å²) in [6.45, 7) is 3.42. The quantitative estimate of drug-likeness (QED) is 0.0271. The lowest BCUT2D eigenvalue weighted by Gasteiger charge is -2.39. The first kappa shape index (κ1) is 51.5. The molecule has 0 aromatic heterocycles. The van der Waals surface area contributed by atoms with Crippen LogP contribution in [-0.2, 0) is 28.5 Å². The van der Waals surface area contributed by atoms with E-state index in [1.165, 1.54) is 135 Å². The molecular weight excluding hydrogens is 700 g/mol. The number of esters is 2. The molecule has 6 atom stereocenters. The molecule has 0 amide bonds. The van der Waals surface area contributed by atoms with Gasteiger partial charge in [0.15, 0.2) is 12.4 Å². The molecule has 1 heterocycles. The Bertz CT molecular complexity index is 912. The van der Waals surface area contributed by atoms with Crippen LogP contribution >= 0.6 is 0 Å². The Morgan fingerprint density at radius 1 is 0.545 bits per heavy atom. The van der Waals surface area contributed by atoms with E-state index in [-0.39, 0.29) is 32.0 Å². The first-order valence-corrected chi connectivity index (χ1v) is 22.8. The van der Waals surface area contributed by atoms with Crippen molar-refractivity contribution in [3.05, 3.63) is 12.2 Å². The van der Waals surface area contributed by atoms with E-state index in [9.17, 15) is 30.0 Å². The third-order valence-electron chi connectivity index (χ3n) is 10.7. The fourth-order valence-corrected chi connectivity index (χ4v) is 7.01. The molecule has 10 nitrogen and oxygen atoms in total. The van der Waals surface area contributed by atoms with E-state index in [2.05, 4.69) is 26.0 Å². The summed E-state index contributed by atoms with van der Waals surface area (Å²) >= 11 is 0. The second-order valence-electron chi connectivity index (χ2n) is 15.9. The molecule has 0 aromatic carbocycles. The molecule has 324 valence electrons. The van der Waals surface area contributed by atoms with Gasteiger partial charge in [0.25, 0.3) is 0 Å². The molecule has 1 fully saturated rings. The van der Waals surface area contributed by atoms with Crippen molar-refractivity contribution in [1.82, 2.24) is 0 Å². The number of carbonyl (C=O) groups excluding carboxylic acids is 2. The Kier molecular flexibility index (Phi) is 34.4. The minimum Gasteiger partial charge on any atom is -0.462 e. The number of hydrogen-bond donors (Lipinski definition) is 4. The minimum atomic E-state index is -1.59. The summed E-state index contributed by atoms with van der Waals surface area (Å²) in [4.78, 5) is 25.3. The van der Waals surface area contributed by atoms with Gasteiger partial charge in [-0.25, -0.2) is 0 Å². The van der Waals surface area contributed by atoms with Gasteiger partial charge in [-0.15, -0.1) is 0 Å². The van der Waals surface area contributed by atoms with Crippen molar-refractivity contribution in [1.29, 1.82) is 0 Å². The zero-order valence-electron chi connectivity index (χ0n) is 35.2. The van der Waals surface area contributed by atoms with Gasteiger partial charge < -0.3 is 39.4 Å². The number of allylic oxidation sites excluding steroid dienone is 2. The molecule has 55 heavy (non-hydrogen) atoms. The van der Waals surface area contributed by atoms with E-state index in [1.54, 1.807) is 0 Å². The summed E-state index contributed by atoms with van der Waals surface area (Å²) in [7, 11) is 0. The predicted octanol–water partition coefficient (Wildman–Crippen LogP) is 9.56. The zero-order chi connectivity index (χ0) is 40.2. The number of hydrogen-bond acceptors (Lipinski definition) is 10. The van der Waals surface area contributed by atoms with Crippen LogP contribution < -0.4 is 0 Å². The van der Waals surface area contributed by atoms with Crippen LogP contribution in [0.4, 0.5) is 0 Å². The number of rotatable bonds is 38. The molecule has 0 aliphatic carbocycles. The van der Waals surface area contributed by atoms with E-state index in [1.807, 2.05) is 0 Å². The topological polar surface area (TPSA) is 152 Å². The van der Waals surface area contributed by atoms with E-state index in [4.69, 9.17) is 18.9 Å².